The molecule has 0 N–H and O–H groups in total. The van der Waals surface area contributed by atoms with Crippen LogP contribution in [0.1, 0.15) is 21.8 Å². The monoisotopic (exact) mass is 201 g/mol. The van der Waals surface area contributed by atoms with Crippen molar-refractivity contribution in [2.75, 3.05) is 0 Å². The van der Waals surface area contributed by atoms with Crippen LogP contribution in [-0.4, -0.2) is 11.3 Å². The van der Waals surface area contributed by atoms with Gasteiger partial charge in [-0.15, -0.1) is 0 Å². The molecule has 0 bridgehead atoms. The summed E-state index contributed by atoms with van der Waals surface area (Å²) in [5.41, 5.74) is 3.00. The molecule has 0 saturated heterocycles. The molecule has 0 amide bonds. The van der Waals surface area contributed by atoms with Gasteiger partial charge in [-0.2, -0.15) is 0 Å². The third kappa shape index (κ3) is 1.81. The van der Waals surface area contributed by atoms with E-state index in [1.54, 1.807) is 18.3 Å². The van der Waals surface area contributed by atoms with E-state index < -0.39 is 0 Å². The van der Waals surface area contributed by atoms with Gasteiger partial charge in [0.2, 0.25) is 0 Å². The Balaban J connectivity index is 2.44. The third-order valence-electron chi connectivity index (χ3n) is 2.37. The molecule has 2 rings (SSSR count). The smallest absolute Gasteiger partial charge is 0.185 e. The van der Waals surface area contributed by atoms with Crippen molar-refractivity contribution in [3.8, 4) is 11.3 Å². The molecule has 2 aromatic rings. The van der Waals surface area contributed by atoms with E-state index in [4.69, 9.17) is 4.42 Å². The van der Waals surface area contributed by atoms with Gasteiger partial charge < -0.3 is 4.42 Å². The first-order valence-corrected chi connectivity index (χ1v) is 4.69. The van der Waals surface area contributed by atoms with Gasteiger partial charge in [0.1, 0.15) is 5.76 Å². The summed E-state index contributed by atoms with van der Waals surface area (Å²) in [6.45, 7) is 3.95. The van der Waals surface area contributed by atoms with E-state index >= 15 is 0 Å². The van der Waals surface area contributed by atoms with Crippen LogP contribution in [-0.2, 0) is 0 Å². The van der Waals surface area contributed by atoms with Crippen molar-refractivity contribution < 1.29 is 9.21 Å². The molecule has 0 aliphatic carbocycles. The number of hydrogen-bond acceptors (Lipinski definition) is 3. The lowest BCUT2D eigenvalue weighted by atomic mass is 10.1. The fourth-order valence-electron chi connectivity index (χ4n) is 1.35. The Kier molecular flexibility index (Phi) is 2.37. The highest BCUT2D eigenvalue weighted by Gasteiger charge is 2.05. The van der Waals surface area contributed by atoms with Gasteiger partial charge in [0.15, 0.2) is 12.0 Å². The van der Waals surface area contributed by atoms with Gasteiger partial charge in [0.25, 0.3) is 0 Å². The number of hydrogen-bond donors (Lipinski definition) is 0. The van der Waals surface area contributed by atoms with E-state index in [1.807, 2.05) is 19.9 Å². The molecule has 0 unspecified atom stereocenters. The van der Waals surface area contributed by atoms with E-state index in [0.29, 0.717) is 17.8 Å². The van der Waals surface area contributed by atoms with Crippen LogP contribution in [0.2, 0.25) is 0 Å². The molecule has 0 atom stereocenters. The highest BCUT2D eigenvalue weighted by atomic mass is 16.3. The Morgan fingerprint density at radius 1 is 1.33 bits per heavy atom. The van der Waals surface area contributed by atoms with E-state index in [1.165, 1.54) is 0 Å². The van der Waals surface area contributed by atoms with Crippen molar-refractivity contribution in [1.82, 2.24) is 4.98 Å². The molecule has 0 aliphatic heterocycles. The van der Waals surface area contributed by atoms with Crippen molar-refractivity contribution in [1.29, 1.82) is 0 Å². The standard InChI is InChI=1S/C12H11NO2/c1-8-5-10(6-13-9(8)2)12-4-3-11(7-14)15-12/h3-7H,1-2H3. The van der Waals surface area contributed by atoms with E-state index in [0.717, 1.165) is 16.8 Å². The van der Waals surface area contributed by atoms with Crippen molar-refractivity contribution >= 4 is 6.29 Å². The zero-order valence-corrected chi connectivity index (χ0v) is 8.65. The summed E-state index contributed by atoms with van der Waals surface area (Å²) in [6, 6.07) is 5.42. The maximum Gasteiger partial charge on any atom is 0.185 e. The number of aldehydes is 1. The molecular formula is C12H11NO2. The third-order valence-corrected chi connectivity index (χ3v) is 2.37. The first-order valence-electron chi connectivity index (χ1n) is 4.69. The number of carbonyl (C=O) groups excluding carboxylic acids is 1. The number of furan rings is 1. The lowest BCUT2D eigenvalue weighted by Crippen LogP contribution is -1.87. The first kappa shape index (κ1) is 9.65. The molecule has 0 radical (unpaired) electrons. The lowest BCUT2D eigenvalue weighted by Gasteiger charge is -2.01. The predicted octanol–water partition coefficient (Wildman–Crippen LogP) is 2.77. The second-order valence-electron chi connectivity index (χ2n) is 3.45. The molecule has 3 nitrogen and oxygen atoms in total. The summed E-state index contributed by atoms with van der Waals surface area (Å²) >= 11 is 0. The Morgan fingerprint density at radius 2 is 2.13 bits per heavy atom. The zero-order valence-electron chi connectivity index (χ0n) is 8.65. The second-order valence-corrected chi connectivity index (χ2v) is 3.45. The fourth-order valence-corrected chi connectivity index (χ4v) is 1.35. The zero-order chi connectivity index (χ0) is 10.8. The molecule has 0 aliphatic rings. The molecule has 3 heteroatoms. The van der Waals surface area contributed by atoms with E-state index in [9.17, 15) is 4.79 Å². The summed E-state index contributed by atoms with van der Waals surface area (Å²) in [7, 11) is 0. The highest BCUT2D eigenvalue weighted by molar-refractivity contribution is 5.72. The molecule has 0 saturated carbocycles. The minimum absolute atomic E-state index is 0.336. The summed E-state index contributed by atoms with van der Waals surface area (Å²) in [6.07, 6.45) is 2.44. The highest BCUT2D eigenvalue weighted by Crippen LogP contribution is 2.22. The Labute approximate surface area is 87.8 Å². The normalized spacial score (nSPS) is 10.3. The summed E-state index contributed by atoms with van der Waals surface area (Å²) in [5, 5.41) is 0. The Hall–Kier alpha value is -1.90. The van der Waals surface area contributed by atoms with Gasteiger partial charge in [0, 0.05) is 17.5 Å². The van der Waals surface area contributed by atoms with Crippen LogP contribution >= 0.6 is 0 Å². The van der Waals surface area contributed by atoms with Crippen LogP contribution in [0.4, 0.5) is 0 Å². The minimum atomic E-state index is 0.336. The topological polar surface area (TPSA) is 43.1 Å². The number of pyridine rings is 1. The quantitative estimate of drug-likeness (QED) is 0.701. The molecular weight excluding hydrogens is 190 g/mol. The molecule has 2 aromatic heterocycles. The number of nitrogens with zero attached hydrogens (tertiary/aromatic N) is 1. The van der Waals surface area contributed by atoms with E-state index in [2.05, 4.69) is 4.98 Å². The van der Waals surface area contributed by atoms with Gasteiger partial charge in [0.05, 0.1) is 0 Å². The second kappa shape index (κ2) is 3.69. The number of aromatic nitrogens is 1. The van der Waals surface area contributed by atoms with Crippen LogP contribution in [0, 0.1) is 13.8 Å². The summed E-state index contributed by atoms with van der Waals surface area (Å²) in [4.78, 5) is 14.7. The molecule has 2 heterocycles. The van der Waals surface area contributed by atoms with Crippen LogP contribution in [0.5, 0.6) is 0 Å². The first-order chi connectivity index (χ1) is 7.20. The van der Waals surface area contributed by atoms with Crippen molar-refractivity contribution in [2.24, 2.45) is 0 Å². The van der Waals surface area contributed by atoms with Gasteiger partial charge >= 0.3 is 0 Å². The molecule has 0 spiro atoms. The largest absolute Gasteiger partial charge is 0.453 e. The maximum absolute atomic E-state index is 10.5. The molecule has 15 heavy (non-hydrogen) atoms. The molecule has 0 fully saturated rings. The average molecular weight is 201 g/mol. The van der Waals surface area contributed by atoms with Crippen LogP contribution in [0.3, 0.4) is 0 Å². The number of carbonyl (C=O) groups is 1. The van der Waals surface area contributed by atoms with Crippen molar-refractivity contribution in [2.45, 2.75) is 13.8 Å². The van der Waals surface area contributed by atoms with Gasteiger partial charge in [-0.25, -0.2) is 0 Å². The van der Waals surface area contributed by atoms with Crippen molar-refractivity contribution in [3.05, 3.63) is 41.4 Å². The molecule has 76 valence electrons. The maximum atomic E-state index is 10.5. The lowest BCUT2D eigenvalue weighted by molar-refractivity contribution is 0.110. The van der Waals surface area contributed by atoms with Gasteiger partial charge in [-0.1, -0.05) is 0 Å². The Bertz CT molecular complexity index is 500. The van der Waals surface area contributed by atoms with E-state index in [-0.39, 0.29) is 0 Å². The molecule has 0 aromatic carbocycles. The summed E-state index contributed by atoms with van der Waals surface area (Å²) < 4.78 is 5.31. The fraction of sp³-hybridized carbons (Fsp3) is 0.167. The van der Waals surface area contributed by atoms with Gasteiger partial charge in [-0.05, 0) is 37.6 Å². The van der Waals surface area contributed by atoms with Crippen molar-refractivity contribution in [3.63, 3.8) is 0 Å². The predicted molar refractivity (Wildman–Crippen MR) is 56.8 cm³/mol. The van der Waals surface area contributed by atoms with Crippen LogP contribution in [0.25, 0.3) is 11.3 Å². The number of rotatable bonds is 2. The minimum Gasteiger partial charge on any atom is -0.453 e. The summed E-state index contributed by atoms with van der Waals surface area (Å²) in [5.74, 6) is 1.01. The number of aryl methyl sites for hydroxylation is 2. The SMILES string of the molecule is Cc1cc(-c2ccc(C=O)o2)cnc1C. The van der Waals surface area contributed by atoms with Gasteiger partial charge in [-0.3, -0.25) is 9.78 Å². The van der Waals surface area contributed by atoms with Crippen LogP contribution in [0.15, 0.2) is 28.8 Å². The van der Waals surface area contributed by atoms with Crippen LogP contribution < -0.4 is 0 Å². The average Bonchev–Trinajstić information content (AvgIpc) is 2.70. The Morgan fingerprint density at radius 3 is 2.73 bits per heavy atom.